The van der Waals surface area contributed by atoms with Crippen LogP contribution in [-0.4, -0.2) is 23.3 Å². The number of allylic oxidation sites excluding steroid dienone is 1. The van der Waals surface area contributed by atoms with Crippen molar-refractivity contribution < 1.29 is 0 Å². The zero-order valence-corrected chi connectivity index (χ0v) is 7.63. The Balaban J connectivity index is 0. The van der Waals surface area contributed by atoms with Crippen LogP contribution < -0.4 is 0 Å². The molecule has 5 heavy (non-hydrogen) atoms. The van der Waals surface area contributed by atoms with Crippen LogP contribution in [0.15, 0.2) is 12.7 Å². The van der Waals surface area contributed by atoms with E-state index in [1.54, 1.807) is 6.08 Å². The van der Waals surface area contributed by atoms with E-state index in [-0.39, 0.29) is 18.0 Å². The van der Waals surface area contributed by atoms with Crippen molar-refractivity contribution >= 4 is 33.9 Å². The number of hydrogen-bond acceptors (Lipinski definition) is 0. The molecule has 0 aromatic rings. The second-order valence-electron chi connectivity index (χ2n) is 0.443. The van der Waals surface area contributed by atoms with Crippen LogP contribution in [0.25, 0.3) is 0 Å². The maximum atomic E-state index is 3.43. The van der Waals surface area contributed by atoms with Crippen molar-refractivity contribution in [1.29, 1.82) is 0 Å². The molecule has 0 aromatic carbocycles. The first-order valence-electron chi connectivity index (χ1n) is 1.08. The maximum absolute atomic E-state index is 3.43. The van der Waals surface area contributed by atoms with Crippen LogP contribution in [0, 0.1) is 0 Å². The van der Waals surface area contributed by atoms with Gasteiger partial charge in [0.05, 0.1) is 0 Å². The predicted octanol–water partition coefficient (Wildman–Crippen LogP) is 0.383. The van der Waals surface area contributed by atoms with Crippen molar-refractivity contribution in [3.63, 3.8) is 0 Å². The first-order chi connectivity index (χ1) is 1.91. The molecule has 0 fully saturated rings. The van der Waals surface area contributed by atoms with Crippen molar-refractivity contribution in [2.45, 2.75) is 0 Å². The second kappa shape index (κ2) is 8.84. The van der Waals surface area contributed by atoms with E-state index in [2.05, 4.69) is 22.5 Å². The first kappa shape index (κ1) is 9.24. The van der Waals surface area contributed by atoms with E-state index in [0.717, 1.165) is 5.33 Å². The van der Waals surface area contributed by atoms with E-state index in [1.807, 2.05) is 0 Å². The average molecular weight is 199 g/mol. The standard InChI is InChI=1S/C3H5Br.AsH3/c1-2-3-4;/h2H,1,3H2;1H3. The number of rotatable bonds is 1. The summed E-state index contributed by atoms with van der Waals surface area (Å²) in [4.78, 5) is 0. The molecule has 1 atom stereocenters. The Kier molecular flexibility index (Phi) is 16.3. The summed E-state index contributed by atoms with van der Waals surface area (Å²) in [6.45, 7) is 3.43. The van der Waals surface area contributed by atoms with Crippen LogP contribution in [0.2, 0.25) is 0 Å². The van der Waals surface area contributed by atoms with E-state index < -0.39 is 0 Å². The Morgan fingerprint density at radius 2 is 2.00 bits per heavy atom. The third-order valence-corrected chi connectivity index (χ3v) is 0.567. The molecule has 1 unspecified atom stereocenters. The quantitative estimate of drug-likeness (QED) is 0.325. The summed E-state index contributed by atoms with van der Waals surface area (Å²) < 4.78 is 0. The Hall–Kier alpha value is 0.778. The zero-order valence-electron chi connectivity index (χ0n) is 3.08. The van der Waals surface area contributed by atoms with Gasteiger partial charge in [-0.15, -0.1) is 6.58 Å². The topological polar surface area (TPSA) is 0 Å². The normalized spacial score (nSPS) is 5.00. The van der Waals surface area contributed by atoms with Gasteiger partial charge in [-0.3, -0.25) is 0 Å². The number of alkyl halides is 1. The van der Waals surface area contributed by atoms with Crippen LogP contribution in [0.1, 0.15) is 0 Å². The molecule has 0 aliphatic carbocycles. The summed E-state index contributed by atoms with van der Waals surface area (Å²) in [5, 5.41) is 0.896. The summed E-state index contributed by atoms with van der Waals surface area (Å²) in [5.41, 5.74) is 0. The van der Waals surface area contributed by atoms with Crippen LogP contribution in [0.4, 0.5) is 0 Å². The van der Waals surface area contributed by atoms with Gasteiger partial charge in [0.1, 0.15) is 0 Å². The molecular formula is C3H8AsBr. The minimum absolute atomic E-state index is 0. The molecule has 0 saturated heterocycles. The van der Waals surface area contributed by atoms with Crippen LogP contribution >= 0.6 is 15.9 Å². The summed E-state index contributed by atoms with van der Waals surface area (Å²) in [5.74, 6) is 0. The van der Waals surface area contributed by atoms with Crippen molar-refractivity contribution in [2.75, 3.05) is 5.33 Å². The zero-order chi connectivity index (χ0) is 3.41. The molecule has 0 rings (SSSR count). The number of halogens is 1. The van der Waals surface area contributed by atoms with Gasteiger partial charge in [-0.05, 0) is 0 Å². The fraction of sp³-hybridized carbons (Fsp3) is 0.333. The monoisotopic (exact) mass is 198 g/mol. The molecule has 0 aliphatic rings. The summed E-state index contributed by atoms with van der Waals surface area (Å²) in [6.07, 6.45) is 1.79. The molecule has 0 amide bonds. The molecule has 0 radical (unpaired) electrons. The van der Waals surface area contributed by atoms with Gasteiger partial charge in [-0.25, -0.2) is 0 Å². The van der Waals surface area contributed by atoms with Gasteiger partial charge in [0.25, 0.3) is 0 Å². The van der Waals surface area contributed by atoms with Crippen molar-refractivity contribution in [2.24, 2.45) is 0 Å². The Labute approximate surface area is 52.1 Å². The van der Waals surface area contributed by atoms with Crippen molar-refractivity contribution in [1.82, 2.24) is 0 Å². The van der Waals surface area contributed by atoms with Gasteiger partial charge in [0.15, 0.2) is 0 Å². The van der Waals surface area contributed by atoms with Gasteiger partial charge in [-0.1, -0.05) is 22.0 Å². The van der Waals surface area contributed by atoms with Gasteiger partial charge < -0.3 is 0 Å². The van der Waals surface area contributed by atoms with Gasteiger partial charge in [0, 0.05) is 5.33 Å². The van der Waals surface area contributed by atoms with E-state index in [0.29, 0.717) is 0 Å². The van der Waals surface area contributed by atoms with Crippen LogP contribution in [-0.2, 0) is 0 Å². The summed E-state index contributed by atoms with van der Waals surface area (Å²) in [7, 11) is 0. The van der Waals surface area contributed by atoms with Crippen LogP contribution in [0.3, 0.4) is 0 Å². The van der Waals surface area contributed by atoms with Crippen molar-refractivity contribution in [3.05, 3.63) is 12.7 Å². The third kappa shape index (κ3) is 11.7. The molecular weight excluding hydrogens is 191 g/mol. The Bertz CT molecular complexity index is 20.9. The number of hydrogen-bond donors (Lipinski definition) is 0. The summed E-state index contributed by atoms with van der Waals surface area (Å²) >= 11 is 3.13. The molecule has 0 heterocycles. The van der Waals surface area contributed by atoms with E-state index in [4.69, 9.17) is 0 Å². The molecule has 0 bridgehead atoms. The molecule has 0 aliphatic heterocycles. The fourth-order valence-electron chi connectivity index (χ4n) is 0. The minimum atomic E-state index is 0. The molecule has 0 saturated carbocycles. The van der Waals surface area contributed by atoms with Gasteiger partial charge in [0.2, 0.25) is 0 Å². The van der Waals surface area contributed by atoms with Crippen LogP contribution in [0.5, 0.6) is 0 Å². The van der Waals surface area contributed by atoms with Gasteiger partial charge in [-0.2, -0.15) is 0 Å². The molecule has 0 aromatic heterocycles. The molecule has 2 heteroatoms. The average Bonchev–Trinajstić information content (AvgIpc) is 1.37. The fourth-order valence-corrected chi connectivity index (χ4v) is 0. The third-order valence-electron chi connectivity index (χ3n) is 0.109. The van der Waals surface area contributed by atoms with E-state index >= 15 is 0 Å². The SMILES string of the molecule is C=CCBr.[AsH3]. The van der Waals surface area contributed by atoms with E-state index in [1.165, 1.54) is 0 Å². The summed E-state index contributed by atoms with van der Waals surface area (Å²) in [6, 6.07) is 0. The van der Waals surface area contributed by atoms with Gasteiger partial charge >= 0.3 is 18.0 Å². The molecule has 0 N–H and O–H groups in total. The molecule has 32 valence electrons. The van der Waals surface area contributed by atoms with E-state index in [9.17, 15) is 0 Å². The van der Waals surface area contributed by atoms with Crippen molar-refractivity contribution in [3.8, 4) is 0 Å². The molecule has 0 spiro atoms. The predicted molar refractivity (Wildman–Crippen MR) is 33.9 cm³/mol. The Morgan fingerprint density at radius 3 is 2.00 bits per heavy atom. The first-order valence-corrected chi connectivity index (χ1v) is 2.21. The molecule has 0 nitrogen and oxygen atoms in total. The second-order valence-corrected chi connectivity index (χ2v) is 1.09. The Morgan fingerprint density at radius 1 is 1.80 bits per heavy atom.